The summed E-state index contributed by atoms with van der Waals surface area (Å²) >= 11 is 1.20. The van der Waals surface area contributed by atoms with Gasteiger partial charge in [-0.15, -0.1) is 11.3 Å². The number of ketones is 1. The normalized spacial score (nSPS) is 10.4. The average molecular weight is 310 g/mol. The molecule has 0 N–H and O–H groups in total. The molecule has 0 saturated heterocycles. The van der Waals surface area contributed by atoms with E-state index in [9.17, 15) is 9.59 Å². The molecule has 21 heavy (non-hydrogen) atoms. The topological polar surface area (TPSA) is 87.6 Å². The third-order valence-corrected chi connectivity index (χ3v) is 3.81. The Morgan fingerprint density at radius 1 is 1.10 bits per heavy atom. The van der Waals surface area contributed by atoms with Crippen molar-refractivity contribution in [3.8, 4) is 11.8 Å². The van der Waals surface area contributed by atoms with Crippen molar-refractivity contribution in [2.75, 3.05) is 21.3 Å². The summed E-state index contributed by atoms with van der Waals surface area (Å²) in [6.45, 7) is 0. The molecule has 0 amide bonds. The highest BCUT2D eigenvalue weighted by molar-refractivity contribution is 7.20. The van der Waals surface area contributed by atoms with Crippen LogP contribution >= 0.6 is 11.3 Å². The highest BCUT2D eigenvalue weighted by Crippen LogP contribution is 2.30. The molecule has 0 aliphatic carbocycles. The molecule has 0 unspecified atom stereocenters. The van der Waals surface area contributed by atoms with E-state index in [0.29, 0.717) is 15.2 Å². The molecule has 0 radical (unpaired) electrons. The number of ether oxygens (including phenoxy) is 3. The lowest BCUT2D eigenvalue weighted by molar-refractivity contribution is -0.140. The molecule has 2 aromatic heterocycles. The second kappa shape index (κ2) is 6.49. The zero-order valence-corrected chi connectivity index (χ0v) is 12.7. The van der Waals surface area contributed by atoms with Gasteiger partial charge in [0, 0.05) is 6.42 Å². The van der Waals surface area contributed by atoms with E-state index in [0.717, 1.165) is 0 Å². The molecule has 0 aliphatic heterocycles. The number of fused-ring (bicyclic) bond motifs is 1. The molecule has 2 rings (SSSR count). The van der Waals surface area contributed by atoms with Crippen molar-refractivity contribution >= 4 is 33.4 Å². The van der Waals surface area contributed by atoms with Gasteiger partial charge in [-0.3, -0.25) is 9.59 Å². The van der Waals surface area contributed by atoms with E-state index in [1.54, 1.807) is 6.07 Å². The van der Waals surface area contributed by atoms with Gasteiger partial charge in [0.05, 0.1) is 32.6 Å². The molecular weight excluding hydrogens is 296 g/mol. The molecule has 0 aliphatic rings. The Bertz CT molecular complexity index is 641. The second-order valence-corrected chi connectivity index (χ2v) is 5.07. The van der Waals surface area contributed by atoms with Gasteiger partial charge in [-0.05, 0) is 6.07 Å². The molecule has 0 saturated carbocycles. The number of rotatable bonds is 6. The van der Waals surface area contributed by atoms with Crippen molar-refractivity contribution in [1.29, 1.82) is 0 Å². The lowest BCUT2D eigenvalue weighted by Crippen LogP contribution is -2.04. The molecule has 2 heterocycles. The summed E-state index contributed by atoms with van der Waals surface area (Å²) in [5, 5.41) is 0. The van der Waals surface area contributed by atoms with E-state index >= 15 is 0 Å². The Hall–Kier alpha value is -2.22. The van der Waals surface area contributed by atoms with E-state index in [1.807, 2.05) is 0 Å². The summed E-state index contributed by atoms with van der Waals surface area (Å²) in [5.41, 5.74) is 0.555. The van der Waals surface area contributed by atoms with E-state index in [1.165, 1.54) is 32.7 Å². The number of carbonyl (C=O) groups is 2. The number of nitrogens with zero attached hydrogens (tertiary/aromatic N) is 2. The van der Waals surface area contributed by atoms with Gasteiger partial charge in [-0.1, -0.05) is 0 Å². The molecule has 2 aromatic rings. The van der Waals surface area contributed by atoms with E-state index in [2.05, 4.69) is 14.7 Å². The number of hydrogen-bond donors (Lipinski definition) is 0. The van der Waals surface area contributed by atoms with Gasteiger partial charge in [-0.2, -0.15) is 4.98 Å². The van der Waals surface area contributed by atoms with Crippen molar-refractivity contribution in [3.63, 3.8) is 0 Å². The Morgan fingerprint density at radius 3 is 2.38 bits per heavy atom. The first-order valence-electron chi connectivity index (χ1n) is 6.08. The van der Waals surface area contributed by atoms with Crippen LogP contribution in [0.1, 0.15) is 22.5 Å². The molecule has 0 aromatic carbocycles. The molecular formula is C13H14N2O5S. The highest BCUT2D eigenvalue weighted by atomic mass is 32.1. The maximum Gasteiger partial charge on any atom is 0.305 e. The fourth-order valence-corrected chi connectivity index (χ4v) is 2.61. The molecule has 0 atom stereocenters. The van der Waals surface area contributed by atoms with Crippen molar-refractivity contribution < 1.29 is 23.8 Å². The number of esters is 1. The van der Waals surface area contributed by atoms with Crippen LogP contribution in [0.5, 0.6) is 11.8 Å². The second-order valence-electron chi connectivity index (χ2n) is 4.04. The first-order valence-corrected chi connectivity index (χ1v) is 6.90. The van der Waals surface area contributed by atoms with Gasteiger partial charge < -0.3 is 14.2 Å². The van der Waals surface area contributed by atoms with Crippen LogP contribution in [0, 0.1) is 0 Å². The summed E-state index contributed by atoms with van der Waals surface area (Å²) in [4.78, 5) is 32.6. The summed E-state index contributed by atoms with van der Waals surface area (Å²) in [7, 11) is 4.22. The van der Waals surface area contributed by atoms with Crippen LogP contribution in [0.2, 0.25) is 0 Å². The van der Waals surface area contributed by atoms with Crippen molar-refractivity contribution in [2.45, 2.75) is 12.8 Å². The van der Waals surface area contributed by atoms with E-state index in [-0.39, 0.29) is 30.4 Å². The Kier molecular flexibility index (Phi) is 4.69. The van der Waals surface area contributed by atoms with Gasteiger partial charge in [0.25, 0.3) is 11.8 Å². The Labute approximate surface area is 124 Å². The average Bonchev–Trinajstić information content (AvgIpc) is 2.93. The van der Waals surface area contributed by atoms with Crippen LogP contribution in [0.15, 0.2) is 6.07 Å². The third-order valence-electron chi connectivity index (χ3n) is 2.75. The monoisotopic (exact) mass is 310 g/mol. The summed E-state index contributed by atoms with van der Waals surface area (Å²) in [6.07, 6.45) is 0.144. The first kappa shape index (κ1) is 15.2. The first-order chi connectivity index (χ1) is 10.1. The predicted octanol–water partition coefficient (Wildman–Crippen LogP) is 1.84. The van der Waals surface area contributed by atoms with Crippen LogP contribution in [0.4, 0.5) is 0 Å². The zero-order valence-electron chi connectivity index (χ0n) is 11.8. The van der Waals surface area contributed by atoms with Crippen molar-refractivity contribution in [3.05, 3.63) is 10.9 Å². The quantitative estimate of drug-likeness (QED) is 0.594. The van der Waals surface area contributed by atoms with E-state index < -0.39 is 5.97 Å². The number of hydrogen-bond acceptors (Lipinski definition) is 8. The Balaban J connectivity index is 2.26. The minimum atomic E-state index is -0.413. The van der Waals surface area contributed by atoms with Crippen LogP contribution < -0.4 is 9.47 Å². The summed E-state index contributed by atoms with van der Waals surface area (Å²) in [6, 6.07) is 1.63. The predicted molar refractivity (Wildman–Crippen MR) is 76.1 cm³/mol. The molecule has 0 fully saturated rings. The molecule has 0 spiro atoms. The molecule has 8 heteroatoms. The fourth-order valence-electron chi connectivity index (χ4n) is 1.67. The third kappa shape index (κ3) is 3.27. The summed E-state index contributed by atoms with van der Waals surface area (Å²) in [5.74, 6) is -0.0380. The fraction of sp³-hybridized carbons (Fsp3) is 0.385. The van der Waals surface area contributed by atoms with Gasteiger partial charge >= 0.3 is 5.97 Å². The Morgan fingerprint density at radius 2 is 1.76 bits per heavy atom. The van der Waals surface area contributed by atoms with Gasteiger partial charge in [0.1, 0.15) is 10.3 Å². The van der Waals surface area contributed by atoms with Gasteiger partial charge in [0.15, 0.2) is 5.78 Å². The number of methoxy groups -OCH3 is 3. The van der Waals surface area contributed by atoms with Crippen LogP contribution in [-0.2, 0) is 9.53 Å². The van der Waals surface area contributed by atoms with Crippen LogP contribution in [0.25, 0.3) is 10.3 Å². The van der Waals surface area contributed by atoms with Crippen molar-refractivity contribution in [1.82, 2.24) is 9.97 Å². The smallest absolute Gasteiger partial charge is 0.305 e. The maximum atomic E-state index is 12.0. The lowest BCUT2D eigenvalue weighted by Gasteiger charge is -2.03. The number of Topliss-reactive ketones (excluding diaryl/α,β-unsaturated/α-hetero) is 1. The highest BCUT2D eigenvalue weighted by Gasteiger charge is 2.17. The van der Waals surface area contributed by atoms with E-state index in [4.69, 9.17) is 9.47 Å². The minimum absolute atomic E-state index is 0.0527. The summed E-state index contributed by atoms with van der Waals surface area (Å²) < 4.78 is 14.6. The number of aromatic nitrogens is 2. The molecule has 112 valence electrons. The molecule has 7 nitrogen and oxygen atoms in total. The zero-order chi connectivity index (χ0) is 15.4. The van der Waals surface area contributed by atoms with Crippen LogP contribution in [0.3, 0.4) is 0 Å². The number of carbonyl (C=O) groups excluding carboxylic acids is 2. The van der Waals surface area contributed by atoms with Crippen LogP contribution in [-0.4, -0.2) is 43.0 Å². The lowest BCUT2D eigenvalue weighted by atomic mass is 10.2. The van der Waals surface area contributed by atoms with Gasteiger partial charge in [0.2, 0.25) is 0 Å². The van der Waals surface area contributed by atoms with Crippen molar-refractivity contribution in [2.24, 2.45) is 0 Å². The number of thiophene rings is 1. The largest absolute Gasteiger partial charge is 0.477 e. The minimum Gasteiger partial charge on any atom is -0.477 e. The molecule has 0 bridgehead atoms. The standard InChI is InChI=1S/C13H14N2O5S/c1-18-10(17)5-4-8(16)9-6-7-13(21-9)15-12(20-3)11(14-7)19-2/h6H,4-5H2,1-3H3. The maximum absolute atomic E-state index is 12.0. The SMILES string of the molecule is COC(=O)CCC(=O)c1cc2nc(OC)c(OC)nc2s1. The van der Waals surface area contributed by atoms with Gasteiger partial charge in [-0.25, -0.2) is 4.98 Å².